The van der Waals surface area contributed by atoms with Crippen LogP contribution in [0, 0.1) is 5.82 Å². The van der Waals surface area contributed by atoms with E-state index in [1.54, 1.807) is 6.92 Å². The molecular weight excluding hydrogens is 379 g/mol. The van der Waals surface area contributed by atoms with E-state index < -0.39 is 17.9 Å². The number of ether oxygens (including phenoxy) is 1. The number of carbonyl (C=O) groups excluding carboxylic acids is 1. The summed E-state index contributed by atoms with van der Waals surface area (Å²) in [6, 6.07) is 13.0. The van der Waals surface area contributed by atoms with Crippen molar-refractivity contribution in [2.24, 2.45) is 0 Å². The van der Waals surface area contributed by atoms with E-state index in [1.807, 2.05) is 30.3 Å². The maximum absolute atomic E-state index is 13.3. The van der Waals surface area contributed by atoms with E-state index in [9.17, 15) is 9.18 Å². The van der Waals surface area contributed by atoms with Crippen molar-refractivity contribution >= 4 is 21.9 Å². The molecule has 1 unspecified atom stereocenters. The molecule has 0 aliphatic heterocycles. The lowest BCUT2D eigenvalue weighted by molar-refractivity contribution is 0.0278. The number of esters is 1. The van der Waals surface area contributed by atoms with Gasteiger partial charge in [-0.1, -0.05) is 18.2 Å². The Labute approximate surface area is 145 Å². The van der Waals surface area contributed by atoms with Crippen LogP contribution < -0.4 is 0 Å². The summed E-state index contributed by atoms with van der Waals surface area (Å²) >= 11 is 3.19. The molecule has 122 valence electrons. The molecule has 0 radical (unpaired) electrons. The Bertz CT molecular complexity index is 867. The molecule has 0 spiro atoms. The first kappa shape index (κ1) is 16.3. The maximum atomic E-state index is 13.3. The minimum absolute atomic E-state index is 0.0876. The van der Waals surface area contributed by atoms with Crippen molar-refractivity contribution in [2.45, 2.75) is 13.0 Å². The highest BCUT2D eigenvalue weighted by Gasteiger charge is 2.21. The van der Waals surface area contributed by atoms with Crippen LogP contribution in [0.25, 0.3) is 11.5 Å². The van der Waals surface area contributed by atoms with Gasteiger partial charge in [0.25, 0.3) is 5.89 Å². The van der Waals surface area contributed by atoms with Gasteiger partial charge < -0.3 is 9.15 Å². The number of benzene rings is 2. The van der Waals surface area contributed by atoms with Crippen LogP contribution >= 0.6 is 15.9 Å². The zero-order valence-corrected chi connectivity index (χ0v) is 14.2. The lowest BCUT2D eigenvalue weighted by atomic mass is 10.2. The second-order valence-corrected chi connectivity index (χ2v) is 5.84. The Morgan fingerprint density at radius 2 is 1.96 bits per heavy atom. The van der Waals surface area contributed by atoms with Crippen LogP contribution in [-0.2, 0) is 4.74 Å². The summed E-state index contributed by atoms with van der Waals surface area (Å²) in [5, 5.41) is 7.84. The Balaban J connectivity index is 1.75. The molecule has 3 rings (SSSR count). The largest absolute Gasteiger partial charge is 0.449 e. The smallest absolute Gasteiger partial charge is 0.340 e. The summed E-state index contributed by atoms with van der Waals surface area (Å²) in [5.74, 6) is -0.717. The number of hydrogen-bond donors (Lipinski definition) is 0. The molecule has 0 N–H and O–H groups in total. The minimum Gasteiger partial charge on any atom is -0.449 e. The third-order valence-electron chi connectivity index (χ3n) is 3.24. The lowest BCUT2D eigenvalue weighted by Gasteiger charge is -2.10. The van der Waals surface area contributed by atoms with Gasteiger partial charge in [0, 0.05) is 10.0 Å². The molecule has 0 aliphatic carbocycles. The third-order valence-corrected chi connectivity index (χ3v) is 3.93. The van der Waals surface area contributed by atoms with Crippen molar-refractivity contribution in [3.8, 4) is 11.5 Å². The molecule has 5 nitrogen and oxygen atoms in total. The van der Waals surface area contributed by atoms with Crippen molar-refractivity contribution in [3.05, 3.63) is 70.3 Å². The van der Waals surface area contributed by atoms with E-state index in [2.05, 4.69) is 26.1 Å². The van der Waals surface area contributed by atoms with Gasteiger partial charge in [0.1, 0.15) is 5.82 Å². The third kappa shape index (κ3) is 3.51. The Hall–Kier alpha value is -2.54. The van der Waals surface area contributed by atoms with Gasteiger partial charge in [0.2, 0.25) is 5.89 Å². The number of hydrogen-bond acceptors (Lipinski definition) is 5. The van der Waals surface area contributed by atoms with Crippen LogP contribution in [0.4, 0.5) is 4.39 Å². The number of carbonyl (C=O) groups is 1. The van der Waals surface area contributed by atoms with E-state index in [0.717, 1.165) is 11.6 Å². The van der Waals surface area contributed by atoms with E-state index in [-0.39, 0.29) is 11.5 Å². The number of aromatic nitrogens is 2. The number of nitrogens with zero attached hydrogens (tertiary/aromatic N) is 2. The van der Waals surface area contributed by atoms with Crippen molar-refractivity contribution in [1.82, 2.24) is 10.2 Å². The fraction of sp³-hybridized carbons (Fsp3) is 0.118. The fourth-order valence-corrected chi connectivity index (χ4v) is 2.43. The number of rotatable bonds is 4. The first-order valence-corrected chi connectivity index (χ1v) is 7.89. The van der Waals surface area contributed by atoms with Crippen molar-refractivity contribution in [1.29, 1.82) is 0 Å². The molecule has 0 saturated heterocycles. The zero-order valence-electron chi connectivity index (χ0n) is 12.6. The predicted octanol–water partition coefficient (Wildman–Crippen LogP) is 4.56. The molecule has 0 bridgehead atoms. The van der Waals surface area contributed by atoms with E-state index in [4.69, 9.17) is 9.15 Å². The van der Waals surface area contributed by atoms with Crippen LogP contribution in [0.15, 0.2) is 57.4 Å². The highest BCUT2D eigenvalue weighted by atomic mass is 79.9. The molecule has 1 atom stereocenters. The summed E-state index contributed by atoms with van der Waals surface area (Å²) in [4.78, 5) is 12.2. The average molecular weight is 391 g/mol. The summed E-state index contributed by atoms with van der Waals surface area (Å²) in [6.45, 7) is 1.60. The molecule has 24 heavy (non-hydrogen) atoms. The predicted molar refractivity (Wildman–Crippen MR) is 87.7 cm³/mol. The summed E-state index contributed by atoms with van der Waals surface area (Å²) in [6.07, 6.45) is -0.766. The van der Waals surface area contributed by atoms with Crippen LogP contribution in [0.2, 0.25) is 0 Å². The number of halogens is 2. The molecule has 1 aromatic heterocycles. The topological polar surface area (TPSA) is 65.2 Å². The van der Waals surface area contributed by atoms with Gasteiger partial charge in [-0.2, -0.15) is 0 Å². The lowest BCUT2D eigenvalue weighted by Crippen LogP contribution is -2.10. The molecule has 2 aromatic carbocycles. The van der Waals surface area contributed by atoms with Gasteiger partial charge in [0.15, 0.2) is 6.10 Å². The Morgan fingerprint density at radius 3 is 2.71 bits per heavy atom. The van der Waals surface area contributed by atoms with Gasteiger partial charge in [0.05, 0.1) is 5.56 Å². The van der Waals surface area contributed by atoms with Crippen LogP contribution in [0.1, 0.15) is 29.3 Å². The second-order valence-electron chi connectivity index (χ2n) is 4.98. The molecule has 0 aliphatic rings. The average Bonchev–Trinajstić information content (AvgIpc) is 3.08. The van der Waals surface area contributed by atoms with Gasteiger partial charge >= 0.3 is 5.97 Å². The van der Waals surface area contributed by atoms with Crippen molar-refractivity contribution in [3.63, 3.8) is 0 Å². The normalized spacial score (nSPS) is 12.0. The minimum atomic E-state index is -0.766. The molecule has 0 saturated carbocycles. The molecule has 1 heterocycles. The standard InChI is InChI=1S/C17H12BrFN2O3/c1-10(23-17(22)13-9-12(19)7-8-14(13)18)15-20-21-16(24-15)11-5-3-2-4-6-11/h2-10H,1H3. The molecular formula is C17H12BrFN2O3. The highest BCUT2D eigenvalue weighted by molar-refractivity contribution is 9.10. The van der Waals surface area contributed by atoms with Gasteiger partial charge in [-0.15, -0.1) is 10.2 Å². The molecule has 3 aromatic rings. The Kier molecular flexibility index (Phi) is 4.71. The second kappa shape index (κ2) is 6.92. The fourth-order valence-electron chi connectivity index (χ4n) is 2.02. The molecule has 0 amide bonds. The highest BCUT2D eigenvalue weighted by Crippen LogP contribution is 2.25. The summed E-state index contributed by atoms with van der Waals surface area (Å²) in [5.41, 5.74) is 0.854. The van der Waals surface area contributed by atoms with Crippen LogP contribution in [0.3, 0.4) is 0 Å². The van der Waals surface area contributed by atoms with E-state index in [0.29, 0.717) is 10.4 Å². The van der Waals surface area contributed by atoms with E-state index >= 15 is 0 Å². The Morgan fingerprint density at radius 1 is 1.21 bits per heavy atom. The van der Waals surface area contributed by atoms with Gasteiger partial charge in [-0.25, -0.2) is 9.18 Å². The zero-order chi connectivity index (χ0) is 17.1. The quantitative estimate of drug-likeness (QED) is 0.611. The van der Waals surface area contributed by atoms with Gasteiger partial charge in [-0.05, 0) is 53.2 Å². The molecule has 0 fully saturated rings. The van der Waals surface area contributed by atoms with E-state index in [1.165, 1.54) is 12.1 Å². The first-order chi connectivity index (χ1) is 11.5. The first-order valence-electron chi connectivity index (χ1n) is 7.09. The maximum Gasteiger partial charge on any atom is 0.340 e. The van der Waals surface area contributed by atoms with Crippen molar-refractivity contribution in [2.75, 3.05) is 0 Å². The summed E-state index contributed by atoms with van der Waals surface area (Å²) < 4.78 is 24.5. The monoisotopic (exact) mass is 390 g/mol. The summed E-state index contributed by atoms with van der Waals surface area (Å²) in [7, 11) is 0. The van der Waals surface area contributed by atoms with Crippen molar-refractivity contribution < 1.29 is 18.3 Å². The van der Waals surface area contributed by atoms with Crippen LogP contribution in [0.5, 0.6) is 0 Å². The van der Waals surface area contributed by atoms with Gasteiger partial charge in [-0.3, -0.25) is 0 Å². The molecule has 7 heteroatoms. The SMILES string of the molecule is CC(OC(=O)c1cc(F)ccc1Br)c1nnc(-c2ccccc2)o1. The van der Waals surface area contributed by atoms with Crippen LogP contribution in [-0.4, -0.2) is 16.2 Å².